The lowest BCUT2D eigenvalue weighted by Gasteiger charge is -2.20. The highest BCUT2D eigenvalue weighted by atomic mass is 31.2. The maximum Gasteiger partial charge on any atom is 0.304 e. The molecule has 0 saturated heterocycles. The topological polar surface area (TPSA) is 124 Å². The number of carbonyl (C=O) groups is 2. The molecule has 0 aromatic heterocycles. The monoisotopic (exact) mass is 379 g/mol. The summed E-state index contributed by atoms with van der Waals surface area (Å²) in [5.74, 6) is -2.44. The van der Waals surface area contributed by atoms with E-state index in [9.17, 15) is 19.0 Å². The molecule has 8 heteroatoms. The quantitative estimate of drug-likeness (QED) is 0.468. The van der Waals surface area contributed by atoms with E-state index in [0.29, 0.717) is 12.8 Å². The van der Waals surface area contributed by atoms with Crippen LogP contribution in [0.1, 0.15) is 24.8 Å². The van der Waals surface area contributed by atoms with Gasteiger partial charge >= 0.3 is 11.9 Å². The minimum Gasteiger partial charge on any atom is -0.481 e. The summed E-state index contributed by atoms with van der Waals surface area (Å²) in [5, 5.41) is 22.1. The second kappa shape index (κ2) is 8.94. The first kappa shape index (κ1) is 20.1. The summed E-state index contributed by atoms with van der Waals surface area (Å²) < 4.78 is 12.2. The third kappa shape index (κ3) is 6.59. The van der Waals surface area contributed by atoms with Gasteiger partial charge in [-0.25, -0.2) is 5.09 Å². The van der Waals surface area contributed by atoms with Crippen LogP contribution in [0.2, 0.25) is 0 Å². The number of nitrogens with one attached hydrogen (secondary N) is 1. The highest BCUT2D eigenvalue weighted by Crippen LogP contribution is 2.38. The first-order valence-electron chi connectivity index (χ1n) is 8.26. The number of carboxylic acids is 2. The molecular formula is C18H22NO6P. The molecule has 0 radical (unpaired) electrons. The second-order valence-corrected chi connectivity index (χ2v) is 8.34. The minimum absolute atomic E-state index is 0.0600. The molecule has 2 rings (SSSR count). The number of benzene rings is 2. The van der Waals surface area contributed by atoms with Gasteiger partial charge in [-0.05, 0) is 29.2 Å². The molecule has 0 aliphatic rings. The lowest BCUT2D eigenvalue weighted by atomic mass is 10.0. The summed E-state index contributed by atoms with van der Waals surface area (Å²) in [6.07, 6.45) is -0.0931. The number of aryl methyl sites for hydroxylation is 1. The third-order valence-corrected chi connectivity index (χ3v) is 5.66. The molecule has 0 fully saturated rings. The SMILES string of the molecule is O=C(O)CC(CC(=O)O)NP(=O)(O)CCCc1ccc2ccccc2c1. The number of rotatable bonds is 10. The maximum absolute atomic E-state index is 12.2. The number of carboxylic acid groups (broad SMARTS) is 2. The number of hydrogen-bond acceptors (Lipinski definition) is 3. The molecule has 140 valence electrons. The summed E-state index contributed by atoms with van der Waals surface area (Å²) in [6.45, 7) is 0. The zero-order valence-corrected chi connectivity index (χ0v) is 15.1. The summed E-state index contributed by atoms with van der Waals surface area (Å²) in [7, 11) is -3.82. The van der Waals surface area contributed by atoms with Crippen LogP contribution in [0, 0.1) is 0 Å². The van der Waals surface area contributed by atoms with Crippen LogP contribution < -0.4 is 5.09 Å². The predicted molar refractivity (Wildman–Crippen MR) is 98.4 cm³/mol. The van der Waals surface area contributed by atoms with Crippen molar-refractivity contribution >= 4 is 30.2 Å². The lowest BCUT2D eigenvalue weighted by Crippen LogP contribution is -2.32. The summed E-state index contributed by atoms with van der Waals surface area (Å²) >= 11 is 0. The van der Waals surface area contributed by atoms with Crippen molar-refractivity contribution in [2.45, 2.75) is 31.7 Å². The standard InChI is InChI=1S/C18H22NO6P/c20-17(21)11-16(12-18(22)23)19-26(24,25)9-3-4-13-7-8-14-5-1-2-6-15(14)10-13/h1-2,5-8,10,16H,3-4,9,11-12H2,(H,20,21)(H,22,23)(H2,19,24,25). The van der Waals surface area contributed by atoms with Crippen molar-refractivity contribution in [1.82, 2.24) is 5.09 Å². The summed E-state index contributed by atoms with van der Waals surface area (Å²) in [6, 6.07) is 12.8. The van der Waals surface area contributed by atoms with Crippen molar-refractivity contribution in [3.8, 4) is 0 Å². The van der Waals surface area contributed by atoms with Gasteiger partial charge in [-0.2, -0.15) is 0 Å². The van der Waals surface area contributed by atoms with E-state index >= 15 is 0 Å². The number of aliphatic carboxylic acids is 2. The molecule has 0 heterocycles. The van der Waals surface area contributed by atoms with Crippen molar-refractivity contribution in [3.63, 3.8) is 0 Å². The molecule has 0 spiro atoms. The Morgan fingerprint density at radius 1 is 1.00 bits per heavy atom. The first-order chi connectivity index (χ1) is 12.2. The Morgan fingerprint density at radius 2 is 1.62 bits per heavy atom. The van der Waals surface area contributed by atoms with Crippen LogP contribution in [0.4, 0.5) is 0 Å². The van der Waals surface area contributed by atoms with E-state index < -0.39 is 38.3 Å². The fourth-order valence-corrected chi connectivity index (χ4v) is 4.30. The van der Waals surface area contributed by atoms with Gasteiger partial charge in [-0.1, -0.05) is 42.5 Å². The number of hydrogen-bond donors (Lipinski definition) is 4. The fraction of sp³-hybridized carbons (Fsp3) is 0.333. The van der Waals surface area contributed by atoms with Gasteiger partial charge in [-0.3, -0.25) is 14.2 Å². The van der Waals surface area contributed by atoms with Gasteiger partial charge in [0.2, 0.25) is 0 Å². The summed E-state index contributed by atoms with van der Waals surface area (Å²) in [4.78, 5) is 31.6. The van der Waals surface area contributed by atoms with E-state index in [0.717, 1.165) is 16.3 Å². The van der Waals surface area contributed by atoms with Crippen molar-refractivity contribution in [2.24, 2.45) is 0 Å². The average Bonchev–Trinajstić information content (AvgIpc) is 2.52. The molecule has 0 saturated carbocycles. The van der Waals surface area contributed by atoms with Crippen LogP contribution >= 0.6 is 7.52 Å². The van der Waals surface area contributed by atoms with Crippen LogP contribution in [-0.4, -0.2) is 39.2 Å². The van der Waals surface area contributed by atoms with Gasteiger partial charge in [0.15, 0.2) is 0 Å². The Bertz CT molecular complexity index is 821. The second-order valence-electron chi connectivity index (χ2n) is 6.23. The average molecular weight is 379 g/mol. The van der Waals surface area contributed by atoms with Crippen LogP contribution in [0.15, 0.2) is 42.5 Å². The highest BCUT2D eigenvalue weighted by molar-refractivity contribution is 7.55. The zero-order valence-electron chi connectivity index (χ0n) is 14.2. The first-order valence-corrected chi connectivity index (χ1v) is 10.1. The van der Waals surface area contributed by atoms with E-state index in [-0.39, 0.29) is 6.16 Å². The maximum atomic E-state index is 12.2. The largest absolute Gasteiger partial charge is 0.481 e. The highest BCUT2D eigenvalue weighted by Gasteiger charge is 2.26. The summed E-state index contributed by atoms with van der Waals surface area (Å²) in [5.41, 5.74) is 1.04. The molecule has 4 N–H and O–H groups in total. The van der Waals surface area contributed by atoms with Gasteiger partial charge in [0.25, 0.3) is 7.52 Å². The van der Waals surface area contributed by atoms with Crippen LogP contribution in [0.3, 0.4) is 0 Å². The van der Waals surface area contributed by atoms with Crippen LogP contribution in [0.5, 0.6) is 0 Å². The Labute approximate surface area is 151 Å². The zero-order chi connectivity index (χ0) is 19.2. The Hall–Kier alpha value is -2.21. The van der Waals surface area contributed by atoms with Crippen LogP contribution in [0.25, 0.3) is 10.8 Å². The van der Waals surface area contributed by atoms with Crippen molar-refractivity contribution in [2.75, 3.05) is 6.16 Å². The van der Waals surface area contributed by atoms with Gasteiger partial charge < -0.3 is 15.1 Å². The van der Waals surface area contributed by atoms with Crippen molar-refractivity contribution in [3.05, 3.63) is 48.0 Å². The fourth-order valence-electron chi connectivity index (χ4n) is 2.83. The molecule has 26 heavy (non-hydrogen) atoms. The molecule has 0 amide bonds. The van der Waals surface area contributed by atoms with Gasteiger partial charge in [0, 0.05) is 12.2 Å². The molecule has 0 aliphatic carbocycles. The van der Waals surface area contributed by atoms with Crippen molar-refractivity contribution < 1.29 is 29.3 Å². The molecule has 1 unspecified atom stereocenters. The Kier molecular flexibility index (Phi) is 6.91. The molecule has 1 atom stereocenters. The third-order valence-electron chi connectivity index (χ3n) is 3.97. The molecular weight excluding hydrogens is 357 g/mol. The normalized spacial score (nSPS) is 13.6. The molecule has 0 aliphatic heterocycles. The Balaban J connectivity index is 1.91. The van der Waals surface area contributed by atoms with E-state index in [1.165, 1.54) is 0 Å². The van der Waals surface area contributed by atoms with E-state index in [2.05, 4.69) is 5.09 Å². The molecule has 2 aromatic rings. The molecule has 2 aromatic carbocycles. The lowest BCUT2D eigenvalue weighted by molar-refractivity contribution is -0.139. The smallest absolute Gasteiger partial charge is 0.304 e. The number of fused-ring (bicyclic) bond motifs is 1. The van der Waals surface area contributed by atoms with E-state index in [4.69, 9.17) is 10.2 Å². The van der Waals surface area contributed by atoms with Crippen molar-refractivity contribution in [1.29, 1.82) is 0 Å². The molecule has 0 bridgehead atoms. The predicted octanol–water partition coefficient (Wildman–Crippen LogP) is 2.87. The Morgan fingerprint density at radius 3 is 2.23 bits per heavy atom. The van der Waals surface area contributed by atoms with Gasteiger partial charge in [-0.15, -0.1) is 0 Å². The van der Waals surface area contributed by atoms with E-state index in [1.807, 2.05) is 42.5 Å². The minimum atomic E-state index is -3.82. The van der Waals surface area contributed by atoms with Gasteiger partial charge in [0.05, 0.1) is 12.8 Å². The molecule has 7 nitrogen and oxygen atoms in total. The van der Waals surface area contributed by atoms with E-state index in [1.54, 1.807) is 0 Å². The van der Waals surface area contributed by atoms with Gasteiger partial charge in [0.1, 0.15) is 0 Å². The van der Waals surface area contributed by atoms with Crippen LogP contribution in [-0.2, 0) is 20.6 Å².